The number of hydrogen-bond acceptors (Lipinski definition) is 2. The van der Waals surface area contributed by atoms with E-state index in [2.05, 4.69) is 4.98 Å². The van der Waals surface area contributed by atoms with Crippen molar-refractivity contribution < 1.29 is 14.6 Å². The Balaban J connectivity index is 2.16. The van der Waals surface area contributed by atoms with E-state index in [1.54, 1.807) is 7.11 Å². The van der Waals surface area contributed by atoms with Crippen molar-refractivity contribution >= 4 is 16.9 Å². The summed E-state index contributed by atoms with van der Waals surface area (Å²) < 4.78 is 5.14. The van der Waals surface area contributed by atoms with Crippen LogP contribution < -0.4 is 4.74 Å². The molecule has 2 N–H and O–H groups in total. The first kappa shape index (κ1) is 10.2. The quantitative estimate of drug-likeness (QED) is 0.851. The largest absolute Gasteiger partial charge is 0.497 e. The first-order valence-corrected chi connectivity index (χ1v) is 5.56. The first-order chi connectivity index (χ1) is 8.17. The molecule has 3 rings (SSSR count). The first-order valence-electron chi connectivity index (χ1n) is 5.56. The van der Waals surface area contributed by atoms with Crippen LogP contribution in [0, 0.1) is 0 Å². The van der Waals surface area contributed by atoms with E-state index in [1.165, 1.54) is 0 Å². The van der Waals surface area contributed by atoms with Crippen molar-refractivity contribution in [1.82, 2.24) is 4.98 Å². The average molecular weight is 231 g/mol. The van der Waals surface area contributed by atoms with Crippen LogP contribution in [0.1, 0.15) is 18.4 Å². The fourth-order valence-corrected chi connectivity index (χ4v) is 2.35. The summed E-state index contributed by atoms with van der Waals surface area (Å²) >= 11 is 0. The zero-order valence-corrected chi connectivity index (χ0v) is 9.49. The van der Waals surface area contributed by atoms with Gasteiger partial charge in [-0.2, -0.15) is 0 Å². The van der Waals surface area contributed by atoms with E-state index in [-0.39, 0.29) is 0 Å². The lowest BCUT2D eigenvalue weighted by Gasteiger charge is -2.08. The number of aliphatic carboxylic acids is 1. The van der Waals surface area contributed by atoms with Crippen LogP contribution in [0.3, 0.4) is 0 Å². The molecule has 1 heterocycles. The zero-order valence-electron chi connectivity index (χ0n) is 9.49. The fourth-order valence-electron chi connectivity index (χ4n) is 2.35. The Morgan fingerprint density at radius 2 is 2.24 bits per heavy atom. The Labute approximate surface area is 98.2 Å². The molecule has 2 aromatic rings. The van der Waals surface area contributed by atoms with Gasteiger partial charge in [0.25, 0.3) is 0 Å². The molecule has 1 aliphatic carbocycles. The number of methoxy groups -OCH3 is 1. The van der Waals surface area contributed by atoms with Crippen molar-refractivity contribution in [2.45, 2.75) is 18.3 Å². The number of aromatic amines is 1. The van der Waals surface area contributed by atoms with Crippen molar-refractivity contribution in [3.8, 4) is 5.75 Å². The minimum Gasteiger partial charge on any atom is -0.497 e. The molecule has 0 radical (unpaired) electrons. The molecular weight excluding hydrogens is 218 g/mol. The van der Waals surface area contributed by atoms with E-state index >= 15 is 0 Å². The van der Waals surface area contributed by atoms with Gasteiger partial charge in [-0.3, -0.25) is 4.79 Å². The summed E-state index contributed by atoms with van der Waals surface area (Å²) in [4.78, 5) is 14.4. The predicted molar refractivity (Wildman–Crippen MR) is 63.4 cm³/mol. The Hall–Kier alpha value is -1.97. The topological polar surface area (TPSA) is 62.3 Å². The van der Waals surface area contributed by atoms with Gasteiger partial charge in [0.2, 0.25) is 0 Å². The number of ether oxygens (including phenoxy) is 1. The second kappa shape index (κ2) is 3.26. The molecular formula is C13H13NO3. The highest BCUT2D eigenvalue weighted by atomic mass is 16.5. The number of hydrogen-bond donors (Lipinski definition) is 2. The number of H-pyrrole nitrogens is 1. The van der Waals surface area contributed by atoms with E-state index in [0.717, 1.165) is 35.1 Å². The average Bonchev–Trinajstić information content (AvgIpc) is 3.03. The van der Waals surface area contributed by atoms with Crippen molar-refractivity contribution in [1.29, 1.82) is 0 Å². The molecule has 0 saturated heterocycles. The molecule has 4 nitrogen and oxygen atoms in total. The number of carbonyl (C=O) groups is 1. The molecule has 0 aliphatic heterocycles. The number of carboxylic acid groups (broad SMARTS) is 1. The van der Waals surface area contributed by atoms with Crippen LogP contribution >= 0.6 is 0 Å². The Kier molecular flexibility index (Phi) is 1.96. The summed E-state index contributed by atoms with van der Waals surface area (Å²) in [5.74, 6) is 0.0419. The van der Waals surface area contributed by atoms with Gasteiger partial charge < -0.3 is 14.8 Å². The van der Waals surface area contributed by atoms with Crippen LogP contribution in [0.25, 0.3) is 10.9 Å². The van der Waals surface area contributed by atoms with Gasteiger partial charge >= 0.3 is 5.97 Å². The van der Waals surface area contributed by atoms with E-state index in [0.29, 0.717) is 0 Å². The third kappa shape index (κ3) is 1.33. The Bertz CT molecular complexity index is 596. The molecule has 1 aromatic heterocycles. The maximum absolute atomic E-state index is 11.3. The molecule has 1 saturated carbocycles. The van der Waals surface area contributed by atoms with Gasteiger partial charge in [-0.15, -0.1) is 0 Å². The third-order valence-electron chi connectivity index (χ3n) is 3.56. The predicted octanol–water partition coefficient (Wildman–Crippen LogP) is 2.29. The van der Waals surface area contributed by atoms with Crippen LogP contribution in [-0.4, -0.2) is 23.2 Å². The molecule has 88 valence electrons. The van der Waals surface area contributed by atoms with Crippen LogP contribution in [0.5, 0.6) is 5.75 Å². The number of aromatic nitrogens is 1. The lowest BCUT2D eigenvalue weighted by Crippen LogP contribution is -2.18. The zero-order chi connectivity index (χ0) is 12.0. The Morgan fingerprint density at radius 3 is 2.82 bits per heavy atom. The normalized spacial score (nSPS) is 17.0. The number of fused-ring (bicyclic) bond motifs is 1. The van der Waals surface area contributed by atoms with Crippen LogP contribution in [0.2, 0.25) is 0 Å². The number of nitrogens with one attached hydrogen (secondary N) is 1. The van der Waals surface area contributed by atoms with Gasteiger partial charge in [-0.25, -0.2) is 0 Å². The third-order valence-corrected chi connectivity index (χ3v) is 3.56. The van der Waals surface area contributed by atoms with E-state index in [9.17, 15) is 9.90 Å². The number of rotatable bonds is 3. The monoisotopic (exact) mass is 231 g/mol. The van der Waals surface area contributed by atoms with E-state index < -0.39 is 11.4 Å². The summed E-state index contributed by atoms with van der Waals surface area (Å²) in [7, 11) is 1.62. The minimum atomic E-state index is -0.728. The lowest BCUT2D eigenvalue weighted by atomic mass is 9.96. The lowest BCUT2D eigenvalue weighted by molar-refractivity contribution is -0.139. The molecule has 0 atom stereocenters. The van der Waals surface area contributed by atoms with Gasteiger partial charge in [0.15, 0.2) is 0 Å². The van der Waals surface area contributed by atoms with Crippen molar-refractivity contribution in [3.05, 3.63) is 30.0 Å². The second-order valence-electron chi connectivity index (χ2n) is 4.50. The van der Waals surface area contributed by atoms with Gasteiger partial charge in [0.1, 0.15) is 5.75 Å². The van der Waals surface area contributed by atoms with Gasteiger partial charge in [0, 0.05) is 23.2 Å². The molecule has 1 aromatic carbocycles. The number of benzene rings is 1. The SMILES string of the molecule is COc1ccc2c(C3(C(=O)O)CC3)c[nH]c2c1. The summed E-state index contributed by atoms with van der Waals surface area (Å²) in [6.45, 7) is 0. The molecule has 1 aliphatic rings. The molecule has 0 spiro atoms. The molecule has 0 unspecified atom stereocenters. The summed E-state index contributed by atoms with van der Waals surface area (Å²) in [5.41, 5.74) is 1.15. The molecule has 17 heavy (non-hydrogen) atoms. The number of carboxylic acids is 1. The van der Waals surface area contributed by atoms with Crippen molar-refractivity contribution in [3.63, 3.8) is 0 Å². The Morgan fingerprint density at radius 1 is 1.47 bits per heavy atom. The van der Waals surface area contributed by atoms with Gasteiger partial charge in [-0.1, -0.05) is 0 Å². The standard InChI is InChI=1S/C13H13NO3/c1-17-8-2-3-9-10(7-14-11(9)6-8)13(4-5-13)12(15)16/h2-3,6-7,14H,4-5H2,1H3,(H,15,16). The highest BCUT2D eigenvalue weighted by Crippen LogP contribution is 2.50. The second-order valence-corrected chi connectivity index (χ2v) is 4.50. The molecule has 0 bridgehead atoms. The molecule has 4 heteroatoms. The summed E-state index contributed by atoms with van der Waals surface area (Å²) in [6, 6.07) is 5.66. The maximum atomic E-state index is 11.3. The molecule has 0 amide bonds. The van der Waals surface area contributed by atoms with Gasteiger partial charge in [-0.05, 0) is 30.5 Å². The highest BCUT2D eigenvalue weighted by Gasteiger charge is 2.52. The summed E-state index contributed by atoms with van der Waals surface area (Å²) in [6.07, 6.45) is 3.26. The molecule has 1 fully saturated rings. The van der Waals surface area contributed by atoms with Gasteiger partial charge in [0.05, 0.1) is 12.5 Å². The van der Waals surface area contributed by atoms with Crippen molar-refractivity contribution in [2.75, 3.05) is 7.11 Å². The minimum absolute atomic E-state index is 0.660. The van der Waals surface area contributed by atoms with Crippen LogP contribution in [-0.2, 0) is 10.2 Å². The van der Waals surface area contributed by atoms with Crippen LogP contribution in [0.15, 0.2) is 24.4 Å². The summed E-state index contributed by atoms with van der Waals surface area (Å²) in [5, 5.41) is 10.3. The highest BCUT2D eigenvalue weighted by molar-refractivity contribution is 5.94. The maximum Gasteiger partial charge on any atom is 0.314 e. The van der Waals surface area contributed by atoms with Crippen molar-refractivity contribution in [2.24, 2.45) is 0 Å². The van der Waals surface area contributed by atoms with E-state index in [1.807, 2.05) is 24.4 Å². The smallest absolute Gasteiger partial charge is 0.314 e. The fraction of sp³-hybridized carbons (Fsp3) is 0.308. The van der Waals surface area contributed by atoms with E-state index in [4.69, 9.17) is 4.74 Å². The van der Waals surface area contributed by atoms with Crippen LogP contribution in [0.4, 0.5) is 0 Å².